The Kier molecular flexibility index (Phi) is 14.9. The van der Waals surface area contributed by atoms with Gasteiger partial charge >= 0.3 is 18.2 Å². The smallest absolute Gasteiger partial charge is 0.414 e. The van der Waals surface area contributed by atoms with E-state index in [1.807, 2.05) is 93.6 Å². The van der Waals surface area contributed by atoms with Gasteiger partial charge in [0.15, 0.2) is 0 Å². The van der Waals surface area contributed by atoms with Gasteiger partial charge in [-0.25, -0.2) is 14.4 Å². The molecule has 5 aromatic carbocycles. The number of halogens is 1. The molecule has 2 aliphatic rings. The summed E-state index contributed by atoms with van der Waals surface area (Å²) in [6.45, 7) is 12.3. The maximum atomic E-state index is 13.3. The molecule has 0 saturated heterocycles. The number of carbonyl (C=O) groups is 3. The summed E-state index contributed by atoms with van der Waals surface area (Å²) >= 11 is 6.46. The summed E-state index contributed by atoms with van der Waals surface area (Å²) in [5, 5.41) is 15.0. The molecule has 0 bridgehead atoms. The van der Waals surface area contributed by atoms with Crippen LogP contribution in [0.25, 0.3) is 21.9 Å². The highest BCUT2D eigenvalue weighted by Crippen LogP contribution is 2.47. The van der Waals surface area contributed by atoms with Crippen molar-refractivity contribution in [1.82, 2.24) is 16.0 Å². The second kappa shape index (κ2) is 20.7. The maximum Gasteiger partial charge on any atom is 0.414 e. The van der Waals surface area contributed by atoms with Crippen molar-refractivity contribution in [2.24, 2.45) is 11.7 Å². The average molecular weight is 890 g/mol. The molecule has 1 aliphatic carbocycles. The van der Waals surface area contributed by atoms with Gasteiger partial charge in [0.2, 0.25) is 0 Å². The Morgan fingerprint density at radius 3 is 2.17 bits per heavy atom. The molecule has 64 heavy (non-hydrogen) atoms. The molecule has 12 nitrogen and oxygen atoms in total. The van der Waals surface area contributed by atoms with Crippen LogP contribution in [0, 0.1) is 5.92 Å². The number of alkyl halides is 1. The minimum Gasteiger partial charge on any atom is -0.488 e. The molecule has 0 radical (unpaired) electrons. The second-order valence-electron chi connectivity index (χ2n) is 18.0. The molecule has 0 fully saturated rings. The van der Waals surface area contributed by atoms with Crippen LogP contribution in [0.1, 0.15) is 81.5 Å². The number of benzene rings is 5. The van der Waals surface area contributed by atoms with Crippen molar-refractivity contribution in [3.63, 3.8) is 0 Å². The molecule has 0 saturated carbocycles. The molecule has 3 atom stereocenters. The van der Waals surface area contributed by atoms with Crippen molar-refractivity contribution in [3.8, 4) is 16.9 Å². The molecule has 338 valence electrons. The van der Waals surface area contributed by atoms with Gasteiger partial charge in [0.25, 0.3) is 0 Å². The lowest BCUT2D eigenvalue weighted by Gasteiger charge is -2.27. The highest BCUT2D eigenvalue weighted by molar-refractivity contribution is 6.19. The number of nitrogens with two attached hydrogens (primary N) is 1. The zero-order valence-corrected chi connectivity index (χ0v) is 38.2. The average Bonchev–Trinajstić information content (AvgIpc) is 3.82. The third-order valence-electron chi connectivity index (χ3n) is 11.9. The third kappa shape index (κ3) is 11.2. The highest BCUT2D eigenvalue weighted by Gasteiger charge is 2.37. The fourth-order valence-corrected chi connectivity index (χ4v) is 8.90. The first-order chi connectivity index (χ1) is 30.8. The zero-order chi connectivity index (χ0) is 45.4. The van der Waals surface area contributed by atoms with Crippen LogP contribution in [-0.2, 0) is 16.1 Å². The van der Waals surface area contributed by atoms with Crippen LogP contribution in [0.3, 0.4) is 0 Å². The van der Waals surface area contributed by atoms with Gasteiger partial charge in [0.1, 0.15) is 24.6 Å². The summed E-state index contributed by atoms with van der Waals surface area (Å²) in [5.74, 6) is 1.13. The van der Waals surface area contributed by atoms with Crippen LogP contribution in [0.4, 0.5) is 25.8 Å². The summed E-state index contributed by atoms with van der Waals surface area (Å²) in [6, 6.07) is 34.0. The van der Waals surface area contributed by atoms with Crippen molar-refractivity contribution >= 4 is 52.0 Å². The molecule has 5 aromatic rings. The number of hydrogen-bond donors (Lipinski definition) is 5. The Hall–Kier alpha value is -5.98. The number of urea groups is 1. The molecule has 4 amide bonds. The first-order valence-electron chi connectivity index (χ1n) is 22.3. The maximum absolute atomic E-state index is 13.3. The van der Waals surface area contributed by atoms with Crippen LogP contribution in [0.5, 0.6) is 5.75 Å². The van der Waals surface area contributed by atoms with E-state index in [0.717, 1.165) is 39.7 Å². The van der Waals surface area contributed by atoms with Gasteiger partial charge in [-0.15, -0.1) is 11.6 Å². The molecular weight excluding hydrogens is 828 g/mol. The number of amides is 4. The number of fused-ring (bicyclic) bond motifs is 6. The zero-order valence-electron chi connectivity index (χ0n) is 37.4. The SMILES string of the molecule is CC(C)[C@H](CN[C@H](CCCNC(N)=O)CNc1ccc(COc2cc3c(c4ccccc24)C(CCl)CN3C(=O)OC(C)(C)C)cc1)NC(=O)OCC1c2ccccc2-c2ccccc21. The van der Waals surface area contributed by atoms with Crippen LogP contribution in [0.2, 0.25) is 0 Å². The number of hydrogen-bond acceptors (Lipinski definition) is 8. The second-order valence-corrected chi connectivity index (χ2v) is 18.3. The number of primary amides is 1. The number of rotatable bonds is 18. The van der Waals surface area contributed by atoms with Gasteiger partial charge in [0, 0.05) is 73.1 Å². The number of nitrogens with zero attached hydrogens (tertiary/aromatic N) is 1. The van der Waals surface area contributed by atoms with Crippen molar-refractivity contribution in [1.29, 1.82) is 0 Å². The Morgan fingerprint density at radius 1 is 0.875 bits per heavy atom. The first kappa shape index (κ1) is 46.0. The van der Waals surface area contributed by atoms with E-state index in [9.17, 15) is 14.4 Å². The van der Waals surface area contributed by atoms with E-state index in [1.165, 1.54) is 22.3 Å². The van der Waals surface area contributed by atoms with Crippen LogP contribution in [0.15, 0.2) is 103 Å². The van der Waals surface area contributed by atoms with E-state index in [0.29, 0.717) is 50.8 Å². The van der Waals surface area contributed by atoms with Gasteiger partial charge in [-0.05, 0) is 90.4 Å². The predicted octanol–water partition coefficient (Wildman–Crippen LogP) is 9.88. The number of carbonyl (C=O) groups excluding carboxylic acids is 3. The van der Waals surface area contributed by atoms with Crippen molar-refractivity contribution < 1.29 is 28.6 Å². The monoisotopic (exact) mass is 888 g/mol. The summed E-state index contributed by atoms with van der Waals surface area (Å²) in [6.07, 6.45) is 0.611. The van der Waals surface area contributed by atoms with E-state index < -0.39 is 23.8 Å². The number of ether oxygens (including phenoxy) is 3. The summed E-state index contributed by atoms with van der Waals surface area (Å²) in [7, 11) is 0. The Bertz CT molecular complexity index is 2370. The van der Waals surface area contributed by atoms with Gasteiger partial charge in [-0.2, -0.15) is 0 Å². The number of nitrogens with one attached hydrogen (secondary N) is 4. The molecule has 6 N–H and O–H groups in total. The van der Waals surface area contributed by atoms with Gasteiger partial charge in [0.05, 0.1) is 5.69 Å². The molecule has 0 aromatic heterocycles. The Morgan fingerprint density at radius 2 is 1.53 bits per heavy atom. The molecule has 13 heteroatoms. The lowest BCUT2D eigenvalue weighted by Crippen LogP contribution is -2.49. The van der Waals surface area contributed by atoms with E-state index in [4.69, 9.17) is 31.5 Å². The molecule has 7 rings (SSSR count). The minimum atomic E-state index is -0.640. The van der Waals surface area contributed by atoms with Crippen LogP contribution < -0.4 is 36.6 Å². The van der Waals surface area contributed by atoms with Gasteiger partial charge in [-0.3, -0.25) is 4.90 Å². The van der Waals surface area contributed by atoms with E-state index >= 15 is 0 Å². The van der Waals surface area contributed by atoms with Crippen molar-refractivity contribution in [2.45, 2.75) is 83.6 Å². The summed E-state index contributed by atoms with van der Waals surface area (Å²) in [4.78, 5) is 39.7. The van der Waals surface area contributed by atoms with E-state index in [2.05, 4.69) is 65.4 Å². The molecule has 1 heterocycles. The lowest BCUT2D eigenvalue weighted by atomic mass is 9.95. The van der Waals surface area contributed by atoms with E-state index in [1.54, 1.807) is 4.90 Å². The van der Waals surface area contributed by atoms with Crippen molar-refractivity contribution in [2.75, 3.05) is 48.9 Å². The fraction of sp³-hybridized carbons (Fsp3) is 0.392. The number of anilines is 2. The highest BCUT2D eigenvalue weighted by atomic mass is 35.5. The normalized spacial score (nSPS) is 15.2. The Labute approximate surface area is 381 Å². The lowest BCUT2D eigenvalue weighted by molar-refractivity contribution is 0.0582. The van der Waals surface area contributed by atoms with Crippen LogP contribution >= 0.6 is 11.6 Å². The fourth-order valence-electron chi connectivity index (χ4n) is 8.64. The predicted molar refractivity (Wildman–Crippen MR) is 256 cm³/mol. The third-order valence-corrected chi connectivity index (χ3v) is 12.3. The van der Waals surface area contributed by atoms with Gasteiger partial charge < -0.3 is 41.2 Å². The summed E-state index contributed by atoms with van der Waals surface area (Å²) in [5.41, 5.74) is 13.1. The standard InChI is InChI=1S/C51H61ClN6O6/c1-32(2)44(57-49(60)63-31-43-39-16-8-6-14-37(39)38-15-7-9-17-40(38)43)28-56-36(13-12-24-54-48(53)59)27-55-35-22-20-33(21-23-35)30-62-46-25-45-47(42-19-11-10-18-41(42)46)34(26-52)29-58(45)50(61)64-51(3,4)5/h6-11,14-23,25,32,34,36,43-44,55-56H,12-13,24,26-31H2,1-5H3,(H,57,60)(H3,53,54,59)/t34?,36-,44+/m1/s1. The van der Waals surface area contributed by atoms with Gasteiger partial charge in [-0.1, -0.05) is 98.8 Å². The molecular formula is C51H61ClN6O6. The minimum absolute atomic E-state index is 0.00924. The summed E-state index contributed by atoms with van der Waals surface area (Å²) < 4.78 is 18.1. The quantitative estimate of drug-likeness (QED) is 0.0430. The molecule has 1 unspecified atom stereocenters. The van der Waals surface area contributed by atoms with Crippen molar-refractivity contribution in [3.05, 3.63) is 125 Å². The first-order valence-corrected chi connectivity index (χ1v) is 22.8. The molecule has 0 spiro atoms. The van der Waals surface area contributed by atoms with E-state index in [-0.39, 0.29) is 36.4 Å². The molecule has 1 aliphatic heterocycles. The number of alkyl carbamates (subject to hydrolysis) is 1. The Balaban J connectivity index is 0.958. The topological polar surface area (TPSA) is 156 Å². The largest absolute Gasteiger partial charge is 0.488 e. The van der Waals surface area contributed by atoms with Crippen LogP contribution in [-0.4, -0.2) is 74.6 Å².